The number of nitrogens with zero attached hydrogens (tertiary/aromatic N) is 2. The minimum Gasteiger partial charge on any atom is -0.237 e. The molecule has 0 aliphatic heterocycles. The summed E-state index contributed by atoms with van der Waals surface area (Å²) in [6.45, 7) is 10.0. The maximum Gasteiger partial charge on any atom is 0.159 e. The van der Waals surface area contributed by atoms with Gasteiger partial charge >= 0.3 is 0 Å². The zero-order valence-corrected chi connectivity index (χ0v) is 12.4. The van der Waals surface area contributed by atoms with Gasteiger partial charge in [0.05, 0.1) is 6.07 Å². The number of aromatic nitrogens is 1. The van der Waals surface area contributed by atoms with Crippen LogP contribution in [0.5, 0.6) is 0 Å². The van der Waals surface area contributed by atoms with E-state index in [4.69, 9.17) is 5.26 Å². The fourth-order valence-electron chi connectivity index (χ4n) is 0.730. The third kappa shape index (κ3) is 7.52. The number of thiazole rings is 1. The first-order valence-corrected chi connectivity index (χ1v) is 6.83. The Morgan fingerprint density at radius 1 is 1.47 bits per heavy atom. The van der Waals surface area contributed by atoms with E-state index in [1.807, 2.05) is 40.8 Å². The molecule has 1 heterocycles. The minimum atomic E-state index is 0.309. The van der Waals surface area contributed by atoms with Crippen molar-refractivity contribution in [2.45, 2.75) is 47.0 Å². The van der Waals surface area contributed by atoms with Crippen LogP contribution in [0.15, 0.2) is 10.1 Å². The van der Waals surface area contributed by atoms with E-state index in [9.17, 15) is 0 Å². The summed E-state index contributed by atoms with van der Waals surface area (Å²) in [7, 11) is 0. The molecule has 0 bridgehead atoms. The van der Waals surface area contributed by atoms with Gasteiger partial charge in [-0.05, 0) is 15.9 Å². The van der Waals surface area contributed by atoms with Crippen LogP contribution in [0.4, 0.5) is 0 Å². The minimum absolute atomic E-state index is 0.309. The topological polar surface area (TPSA) is 36.7 Å². The van der Waals surface area contributed by atoms with Gasteiger partial charge in [-0.2, -0.15) is 5.26 Å². The van der Waals surface area contributed by atoms with E-state index in [-0.39, 0.29) is 0 Å². The fourth-order valence-corrected chi connectivity index (χ4v) is 2.08. The second-order valence-electron chi connectivity index (χ2n) is 2.28. The predicted octanol–water partition coefficient (Wildman–Crippen LogP) is 4.98. The highest BCUT2D eigenvalue weighted by molar-refractivity contribution is 9.11. The van der Waals surface area contributed by atoms with Crippen LogP contribution < -0.4 is 0 Å². The molecule has 0 saturated heterocycles. The molecule has 4 heteroatoms. The molecular formula is C11H19BrN2S. The molecule has 0 aliphatic carbocycles. The Labute approximate surface area is 105 Å². The Morgan fingerprint density at radius 3 is 2.33 bits per heavy atom. The number of nitriles is 1. The zero-order valence-electron chi connectivity index (χ0n) is 10.0. The van der Waals surface area contributed by atoms with E-state index in [1.165, 1.54) is 4.88 Å². The highest BCUT2D eigenvalue weighted by Crippen LogP contribution is 2.27. The lowest BCUT2D eigenvalue weighted by Gasteiger charge is -1.99. The molecule has 2 nitrogen and oxygen atoms in total. The zero-order chi connectivity index (χ0) is 12.3. The number of rotatable bonds is 2. The summed E-state index contributed by atoms with van der Waals surface area (Å²) < 4.78 is 0.886. The Kier molecular flexibility index (Phi) is 13.2. The van der Waals surface area contributed by atoms with Gasteiger partial charge in [-0.15, -0.1) is 11.3 Å². The van der Waals surface area contributed by atoms with Crippen LogP contribution in [-0.4, -0.2) is 4.98 Å². The van der Waals surface area contributed by atoms with Gasteiger partial charge in [-0.25, -0.2) is 4.98 Å². The van der Waals surface area contributed by atoms with E-state index in [2.05, 4.69) is 27.0 Å². The molecule has 86 valence electrons. The van der Waals surface area contributed by atoms with Crippen molar-refractivity contribution in [3.05, 3.63) is 15.0 Å². The van der Waals surface area contributed by atoms with E-state index >= 15 is 0 Å². The molecule has 0 aliphatic rings. The van der Waals surface area contributed by atoms with Crippen LogP contribution in [0.3, 0.4) is 0 Å². The summed E-state index contributed by atoms with van der Waals surface area (Å²) in [5.74, 6) is 0.309. The van der Waals surface area contributed by atoms with Gasteiger partial charge in [0.2, 0.25) is 0 Å². The lowest BCUT2D eigenvalue weighted by atomic mass is 10.1. The standard InChI is InChI=1S/C7H7BrN2S.2C2H6/c1-5(2-3-9)6-4-10-7(8)11-6;2*1-2/h4-5H,2H2,1H3;2*1-2H3. The summed E-state index contributed by atoms with van der Waals surface area (Å²) in [6.07, 6.45) is 2.38. The van der Waals surface area contributed by atoms with Crippen LogP contribution in [0.2, 0.25) is 0 Å². The van der Waals surface area contributed by atoms with Crippen molar-refractivity contribution >= 4 is 27.3 Å². The molecule has 0 fully saturated rings. The summed E-state index contributed by atoms with van der Waals surface area (Å²) in [5.41, 5.74) is 0. The average molecular weight is 291 g/mol. The quantitative estimate of drug-likeness (QED) is 0.771. The Bertz CT molecular complexity index is 278. The predicted molar refractivity (Wildman–Crippen MR) is 71.2 cm³/mol. The van der Waals surface area contributed by atoms with Crippen molar-refractivity contribution in [2.24, 2.45) is 0 Å². The molecule has 0 aromatic carbocycles. The van der Waals surface area contributed by atoms with Crippen LogP contribution in [0.25, 0.3) is 0 Å². The first-order chi connectivity index (χ1) is 7.24. The number of hydrogen-bond acceptors (Lipinski definition) is 3. The number of halogens is 1. The molecule has 1 aromatic heterocycles. The van der Waals surface area contributed by atoms with Crippen LogP contribution in [0, 0.1) is 11.3 Å². The van der Waals surface area contributed by atoms with Crippen molar-refractivity contribution in [3.8, 4) is 6.07 Å². The van der Waals surface area contributed by atoms with Gasteiger partial charge in [0.15, 0.2) is 3.92 Å². The second kappa shape index (κ2) is 11.7. The highest BCUT2D eigenvalue weighted by atomic mass is 79.9. The summed E-state index contributed by atoms with van der Waals surface area (Å²) in [6, 6.07) is 2.14. The largest absolute Gasteiger partial charge is 0.237 e. The molecule has 1 unspecified atom stereocenters. The summed E-state index contributed by atoms with van der Waals surface area (Å²) >= 11 is 4.87. The molecule has 0 amide bonds. The van der Waals surface area contributed by atoms with Crippen molar-refractivity contribution in [3.63, 3.8) is 0 Å². The van der Waals surface area contributed by atoms with Gasteiger partial charge in [0.25, 0.3) is 0 Å². The van der Waals surface area contributed by atoms with E-state index in [0.29, 0.717) is 12.3 Å². The van der Waals surface area contributed by atoms with Crippen LogP contribution in [0.1, 0.15) is 51.8 Å². The Hall–Kier alpha value is -0.400. The lowest BCUT2D eigenvalue weighted by Crippen LogP contribution is -1.86. The van der Waals surface area contributed by atoms with Crippen LogP contribution >= 0.6 is 27.3 Å². The summed E-state index contributed by atoms with van der Waals surface area (Å²) in [5, 5.41) is 8.43. The normalized spacial score (nSPS) is 9.93. The molecule has 0 spiro atoms. The van der Waals surface area contributed by atoms with E-state index in [1.54, 1.807) is 11.3 Å². The second-order valence-corrected chi connectivity index (χ2v) is 4.62. The molecule has 1 atom stereocenters. The SMILES string of the molecule is CC.CC.CC(CC#N)c1cnc(Br)s1. The molecule has 15 heavy (non-hydrogen) atoms. The third-order valence-electron chi connectivity index (χ3n) is 1.38. The summed E-state index contributed by atoms with van der Waals surface area (Å²) in [4.78, 5) is 5.21. The average Bonchev–Trinajstić information content (AvgIpc) is 2.71. The van der Waals surface area contributed by atoms with E-state index in [0.717, 1.165) is 3.92 Å². The lowest BCUT2D eigenvalue weighted by molar-refractivity contribution is 0.804. The van der Waals surface area contributed by atoms with Gasteiger partial charge in [-0.3, -0.25) is 0 Å². The van der Waals surface area contributed by atoms with Crippen LogP contribution in [-0.2, 0) is 0 Å². The van der Waals surface area contributed by atoms with Gasteiger partial charge in [0, 0.05) is 23.4 Å². The van der Waals surface area contributed by atoms with Crippen molar-refractivity contribution in [2.75, 3.05) is 0 Å². The maximum atomic E-state index is 8.43. The highest BCUT2D eigenvalue weighted by Gasteiger charge is 2.07. The molecule has 1 aromatic rings. The maximum absolute atomic E-state index is 8.43. The van der Waals surface area contributed by atoms with Gasteiger partial charge in [-0.1, -0.05) is 34.6 Å². The van der Waals surface area contributed by atoms with Gasteiger partial charge in [0.1, 0.15) is 0 Å². The monoisotopic (exact) mass is 290 g/mol. The molecule has 0 radical (unpaired) electrons. The first-order valence-electron chi connectivity index (χ1n) is 5.22. The molecule has 1 rings (SSSR count). The molecular weight excluding hydrogens is 272 g/mol. The molecule has 0 saturated carbocycles. The van der Waals surface area contributed by atoms with Gasteiger partial charge < -0.3 is 0 Å². The van der Waals surface area contributed by atoms with Crippen molar-refractivity contribution in [1.82, 2.24) is 4.98 Å². The Balaban J connectivity index is 0. The first kappa shape index (κ1) is 17.0. The smallest absolute Gasteiger partial charge is 0.159 e. The third-order valence-corrected chi connectivity index (χ3v) is 3.09. The van der Waals surface area contributed by atoms with E-state index < -0.39 is 0 Å². The Morgan fingerprint density at radius 2 is 2.00 bits per heavy atom. The van der Waals surface area contributed by atoms with Crippen molar-refractivity contribution in [1.29, 1.82) is 5.26 Å². The fraction of sp³-hybridized carbons (Fsp3) is 0.636. The van der Waals surface area contributed by atoms with Crippen molar-refractivity contribution < 1.29 is 0 Å². The molecule has 0 N–H and O–H groups in total. The number of hydrogen-bond donors (Lipinski definition) is 0.